The van der Waals surface area contributed by atoms with Gasteiger partial charge in [-0.25, -0.2) is 0 Å². The summed E-state index contributed by atoms with van der Waals surface area (Å²) >= 11 is 7.05. The third kappa shape index (κ3) is 6.18. The zero-order valence-corrected chi connectivity index (χ0v) is 26.2. The van der Waals surface area contributed by atoms with Gasteiger partial charge in [0.05, 0.1) is 23.8 Å². The number of aliphatic hydroxyl groups excluding tert-OH is 1. The fourth-order valence-corrected chi connectivity index (χ4v) is 6.78. The van der Waals surface area contributed by atoms with Gasteiger partial charge >= 0.3 is 0 Å². The summed E-state index contributed by atoms with van der Waals surface area (Å²) < 4.78 is 12.0. The lowest BCUT2D eigenvalue weighted by Crippen LogP contribution is -2.21. The minimum atomic E-state index is -0.201. The van der Waals surface area contributed by atoms with E-state index >= 15 is 0 Å². The van der Waals surface area contributed by atoms with Gasteiger partial charge in [-0.2, -0.15) is 0 Å². The van der Waals surface area contributed by atoms with Gasteiger partial charge in [0.1, 0.15) is 17.6 Å². The highest BCUT2D eigenvalue weighted by atomic mass is 35.5. The molecule has 0 bridgehead atoms. The lowest BCUT2D eigenvalue weighted by Gasteiger charge is -2.19. The molecule has 1 fully saturated rings. The highest BCUT2D eigenvalue weighted by Crippen LogP contribution is 2.42. The Kier molecular flexibility index (Phi) is 8.90. The maximum Gasteiger partial charge on any atom is 0.153 e. The lowest BCUT2D eigenvalue weighted by atomic mass is 9.95. The molecular formula is C38H38ClNO4. The van der Waals surface area contributed by atoms with Crippen molar-refractivity contribution in [2.75, 3.05) is 20.2 Å². The van der Waals surface area contributed by atoms with E-state index in [0.29, 0.717) is 22.1 Å². The number of nitrogens with zero attached hydrogens (tertiary/aromatic N) is 1. The van der Waals surface area contributed by atoms with E-state index in [0.717, 1.165) is 78.6 Å². The molecule has 1 saturated heterocycles. The Morgan fingerprint density at radius 1 is 0.932 bits per heavy atom. The summed E-state index contributed by atoms with van der Waals surface area (Å²) in [6.45, 7) is 6.67. The molecule has 1 aliphatic heterocycles. The molecule has 4 aromatic carbocycles. The standard InChI is InChI=1S/C38H38ClNO4/c1-24-18-30(23-41)37(43-3)20-28(24)12-11-27-6-4-7-32(25(27)2)34-8-5-9-36(38(34)39)44-35-15-13-29-19-26(10-14-33(29)35)21-40-17-16-31(42)22-40/h4-12,14,18-20,23,31,35,42H,13,15-17,21-22H2,1-3H3/b12-11+/t31-,35?/m1/s1. The number of hydrogen-bond donors (Lipinski definition) is 1. The summed E-state index contributed by atoms with van der Waals surface area (Å²) in [6.07, 6.45) is 7.47. The highest BCUT2D eigenvalue weighted by molar-refractivity contribution is 6.34. The van der Waals surface area contributed by atoms with E-state index in [4.69, 9.17) is 21.1 Å². The molecule has 2 aliphatic rings. The minimum absolute atomic E-state index is 0.0402. The molecular weight excluding hydrogens is 570 g/mol. The largest absolute Gasteiger partial charge is 0.496 e. The maximum absolute atomic E-state index is 11.4. The van der Waals surface area contributed by atoms with Crippen LogP contribution in [0.5, 0.6) is 11.5 Å². The number of rotatable bonds is 9. The van der Waals surface area contributed by atoms with Gasteiger partial charge in [0.15, 0.2) is 6.29 Å². The predicted molar refractivity (Wildman–Crippen MR) is 178 cm³/mol. The quantitative estimate of drug-likeness (QED) is 0.153. The smallest absolute Gasteiger partial charge is 0.153 e. The van der Waals surface area contributed by atoms with Gasteiger partial charge < -0.3 is 14.6 Å². The third-order valence-electron chi connectivity index (χ3n) is 8.97. The van der Waals surface area contributed by atoms with Gasteiger partial charge in [-0.3, -0.25) is 9.69 Å². The van der Waals surface area contributed by atoms with E-state index in [1.54, 1.807) is 7.11 Å². The topological polar surface area (TPSA) is 59.0 Å². The number of carbonyl (C=O) groups excluding carboxylic acids is 1. The number of ether oxygens (including phenoxy) is 2. The molecule has 2 atom stereocenters. The molecule has 0 radical (unpaired) electrons. The van der Waals surface area contributed by atoms with Crippen LogP contribution in [0.2, 0.25) is 5.02 Å². The van der Waals surface area contributed by atoms with Gasteiger partial charge in [-0.15, -0.1) is 0 Å². The van der Waals surface area contributed by atoms with Gasteiger partial charge in [-0.05, 0) is 95.8 Å². The van der Waals surface area contributed by atoms with Crippen molar-refractivity contribution in [3.05, 3.63) is 116 Å². The first-order chi connectivity index (χ1) is 21.3. The first kappa shape index (κ1) is 30.1. The number of β-amino-alcohol motifs (C(OH)–C–C–N with tert-alkyl or cyclic N) is 1. The van der Waals surface area contributed by atoms with Crippen LogP contribution in [0.15, 0.2) is 66.7 Å². The SMILES string of the molecule is COc1cc(/C=C/c2cccc(-c3cccc(OC4CCc5cc(CN6CC[C@@H](O)C6)ccc54)c3Cl)c2C)c(C)cc1C=O. The van der Waals surface area contributed by atoms with Crippen molar-refractivity contribution < 1.29 is 19.4 Å². The molecule has 4 aromatic rings. The molecule has 0 spiro atoms. The zero-order valence-electron chi connectivity index (χ0n) is 25.5. The first-order valence-corrected chi connectivity index (χ1v) is 15.6. The molecule has 1 N–H and O–H groups in total. The molecule has 226 valence electrons. The second-order valence-electron chi connectivity index (χ2n) is 11.9. The van der Waals surface area contributed by atoms with Gasteiger partial charge in [0.2, 0.25) is 0 Å². The monoisotopic (exact) mass is 607 g/mol. The Hall–Kier alpha value is -3.90. The summed E-state index contributed by atoms with van der Waals surface area (Å²) in [4.78, 5) is 13.7. The summed E-state index contributed by atoms with van der Waals surface area (Å²) in [5, 5.41) is 10.5. The molecule has 1 heterocycles. The summed E-state index contributed by atoms with van der Waals surface area (Å²) in [5.41, 5.74) is 10.6. The van der Waals surface area contributed by atoms with Crippen LogP contribution in [-0.4, -0.2) is 42.6 Å². The third-order valence-corrected chi connectivity index (χ3v) is 9.36. The van der Waals surface area contributed by atoms with Crippen molar-refractivity contribution >= 4 is 30.0 Å². The normalized spacial score (nSPS) is 18.1. The predicted octanol–water partition coefficient (Wildman–Crippen LogP) is 8.25. The van der Waals surface area contributed by atoms with Crippen LogP contribution in [-0.2, 0) is 13.0 Å². The molecule has 1 aliphatic carbocycles. The van der Waals surface area contributed by atoms with E-state index in [1.165, 1.54) is 16.7 Å². The summed E-state index contributed by atoms with van der Waals surface area (Å²) in [6, 6.07) is 22.7. The molecule has 5 nitrogen and oxygen atoms in total. The molecule has 0 amide bonds. The number of hydrogen-bond acceptors (Lipinski definition) is 5. The van der Waals surface area contributed by atoms with Crippen LogP contribution in [0.3, 0.4) is 0 Å². The number of aryl methyl sites for hydroxylation is 2. The van der Waals surface area contributed by atoms with Crippen LogP contribution < -0.4 is 9.47 Å². The molecule has 0 aromatic heterocycles. The van der Waals surface area contributed by atoms with E-state index < -0.39 is 0 Å². The number of benzene rings is 4. The number of methoxy groups -OCH3 is 1. The Bertz CT molecular complexity index is 1730. The average Bonchev–Trinajstić information content (AvgIpc) is 3.63. The zero-order chi connectivity index (χ0) is 30.8. The number of fused-ring (bicyclic) bond motifs is 1. The minimum Gasteiger partial charge on any atom is -0.496 e. The van der Waals surface area contributed by atoms with Gasteiger partial charge in [0, 0.05) is 25.2 Å². The van der Waals surface area contributed by atoms with Crippen molar-refractivity contribution in [2.24, 2.45) is 0 Å². The lowest BCUT2D eigenvalue weighted by molar-refractivity contribution is 0.112. The van der Waals surface area contributed by atoms with Gasteiger partial charge in [-0.1, -0.05) is 72.3 Å². The number of aliphatic hydroxyl groups is 1. The molecule has 6 rings (SSSR count). The van der Waals surface area contributed by atoms with Gasteiger partial charge in [0.25, 0.3) is 0 Å². The Morgan fingerprint density at radius 2 is 1.73 bits per heavy atom. The van der Waals surface area contributed by atoms with Crippen LogP contribution in [0, 0.1) is 13.8 Å². The van der Waals surface area contributed by atoms with E-state index in [2.05, 4.69) is 54.3 Å². The Labute approximate surface area is 264 Å². The second kappa shape index (κ2) is 13.0. The molecule has 6 heteroatoms. The van der Waals surface area contributed by atoms with E-state index in [1.807, 2.05) is 43.3 Å². The summed E-state index contributed by atoms with van der Waals surface area (Å²) in [7, 11) is 1.57. The fraction of sp³-hybridized carbons (Fsp3) is 0.289. The molecule has 0 saturated carbocycles. The fourth-order valence-electron chi connectivity index (χ4n) is 6.51. The van der Waals surface area contributed by atoms with E-state index in [-0.39, 0.29) is 12.2 Å². The Morgan fingerprint density at radius 3 is 2.50 bits per heavy atom. The van der Waals surface area contributed by atoms with Crippen molar-refractivity contribution in [2.45, 2.75) is 51.9 Å². The van der Waals surface area contributed by atoms with Crippen molar-refractivity contribution in [3.8, 4) is 22.6 Å². The van der Waals surface area contributed by atoms with Crippen LogP contribution >= 0.6 is 11.6 Å². The van der Waals surface area contributed by atoms with Crippen molar-refractivity contribution in [1.82, 2.24) is 4.90 Å². The number of halogens is 1. The number of likely N-dealkylation sites (tertiary alicyclic amines) is 1. The Balaban J connectivity index is 1.22. The molecule has 44 heavy (non-hydrogen) atoms. The van der Waals surface area contributed by atoms with Crippen LogP contribution in [0.25, 0.3) is 23.3 Å². The highest BCUT2D eigenvalue weighted by Gasteiger charge is 2.27. The maximum atomic E-state index is 11.4. The number of carbonyl (C=O) groups is 1. The number of aldehydes is 1. The average molecular weight is 608 g/mol. The second-order valence-corrected chi connectivity index (χ2v) is 12.3. The van der Waals surface area contributed by atoms with Crippen LogP contribution in [0.4, 0.5) is 0 Å². The van der Waals surface area contributed by atoms with Crippen molar-refractivity contribution in [1.29, 1.82) is 0 Å². The van der Waals surface area contributed by atoms with Crippen molar-refractivity contribution in [3.63, 3.8) is 0 Å². The first-order valence-electron chi connectivity index (χ1n) is 15.2. The van der Waals surface area contributed by atoms with E-state index in [9.17, 15) is 9.90 Å². The summed E-state index contributed by atoms with van der Waals surface area (Å²) in [5.74, 6) is 1.25. The molecule has 1 unspecified atom stereocenters. The van der Waals surface area contributed by atoms with Crippen LogP contribution in [0.1, 0.15) is 68.2 Å².